The van der Waals surface area contributed by atoms with E-state index < -0.39 is 0 Å². The standard InChI is InChI=1S/C16H22N2O/c1-2-8-19-9-7-17-14-6-4-3-5-12(14)16-11-18-10-13(16)15(16)18/h3-6,13,15,17H,2,7-11H2,1H3. The smallest absolute Gasteiger partial charge is 0.0639 e. The monoisotopic (exact) mass is 258 g/mol. The van der Waals surface area contributed by atoms with Crippen LogP contribution in [0.5, 0.6) is 0 Å². The first-order valence-electron chi connectivity index (χ1n) is 7.53. The first-order chi connectivity index (χ1) is 9.38. The number of rotatable bonds is 7. The zero-order valence-corrected chi connectivity index (χ0v) is 11.6. The minimum absolute atomic E-state index is 0.522. The first kappa shape index (κ1) is 11.7. The quantitative estimate of drug-likeness (QED) is 0.758. The van der Waals surface area contributed by atoms with Crippen molar-refractivity contribution in [3.63, 3.8) is 0 Å². The van der Waals surface area contributed by atoms with Gasteiger partial charge in [0.2, 0.25) is 0 Å². The van der Waals surface area contributed by atoms with Crippen LogP contribution < -0.4 is 5.32 Å². The second-order valence-electron chi connectivity index (χ2n) is 6.11. The summed E-state index contributed by atoms with van der Waals surface area (Å²) in [6, 6.07) is 9.75. The Hall–Kier alpha value is -1.06. The van der Waals surface area contributed by atoms with E-state index in [2.05, 4.69) is 41.4 Å². The van der Waals surface area contributed by atoms with Gasteiger partial charge in [0.1, 0.15) is 0 Å². The number of piperidine rings is 1. The van der Waals surface area contributed by atoms with Gasteiger partial charge in [-0.3, -0.25) is 4.90 Å². The SMILES string of the molecule is CCCOCCNc1ccccc1C12CN3CC1C32. The Balaban J connectivity index is 1.42. The zero-order valence-electron chi connectivity index (χ0n) is 11.6. The van der Waals surface area contributed by atoms with Crippen LogP contribution in [0.3, 0.4) is 0 Å². The van der Waals surface area contributed by atoms with Crippen molar-refractivity contribution in [2.45, 2.75) is 24.8 Å². The van der Waals surface area contributed by atoms with Crippen LogP contribution in [-0.2, 0) is 10.2 Å². The third kappa shape index (κ3) is 1.52. The average molecular weight is 258 g/mol. The molecule has 3 atom stereocenters. The van der Waals surface area contributed by atoms with Crippen LogP contribution in [0.4, 0.5) is 5.69 Å². The van der Waals surface area contributed by atoms with E-state index in [-0.39, 0.29) is 0 Å². The Morgan fingerprint density at radius 2 is 2.26 bits per heavy atom. The van der Waals surface area contributed by atoms with Crippen LogP contribution >= 0.6 is 0 Å². The van der Waals surface area contributed by atoms with E-state index in [1.54, 1.807) is 5.56 Å². The Kier molecular flexibility index (Phi) is 2.61. The van der Waals surface area contributed by atoms with Gasteiger partial charge in [-0.2, -0.15) is 0 Å². The number of ether oxygens (including phenoxy) is 1. The molecule has 0 aromatic heterocycles. The molecule has 3 fully saturated rings. The largest absolute Gasteiger partial charge is 0.382 e. The summed E-state index contributed by atoms with van der Waals surface area (Å²) in [5.41, 5.74) is 3.40. The van der Waals surface area contributed by atoms with Gasteiger partial charge in [0, 0.05) is 49.3 Å². The summed E-state index contributed by atoms with van der Waals surface area (Å²) in [6.45, 7) is 7.34. The van der Waals surface area contributed by atoms with E-state index in [1.165, 1.54) is 18.8 Å². The molecule has 2 heterocycles. The predicted octanol–water partition coefficient (Wildman–Crippen LogP) is 2.09. The minimum atomic E-state index is 0.522. The molecule has 1 saturated carbocycles. The lowest BCUT2D eigenvalue weighted by molar-refractivity contribution is 0.126. The topological polar surface area (TPSA) is 24.5 Å². The van der Waals surface area contributed by atoms with Crippen molar-refractivity contribution in [1.29, 1.82) is 0 Å². The minimum Gasteiger partial charge on any atom is -0.382 e. The number of nitrogens with one attached hydrogen (secondary N) is 1. The molecule has 3 aliphatic rings. The third-order valence-corrected chi connectivity index (χ3v) is 5.09. The highest BCUT2D eigenvalue weighted by Gasteiger charge is 2.82. The fourth-order valence-electron chi connectivity index (χ4n) is 4.16. The second kappa shape index (κ2) is 4.22. The van der Waals surface area contributed by atoms with Gasteiger partial charge in [-0.15, -0.1) is 0 Å². The number of hydrogen-bond donors (Lipinski definition) is 1. The van der Waals surface area contributed by atoms with Crippen LogP contribution in [0.15, 0.2) is 24.3 Å². The van der Waals surface area contributed by atoms with Crippen LogP contribution in [0, 0.1) is 5.92 Å². The Labute approximate surface area is 114 Å². The lowest BCUT2D eigenvalue weighted by atomic mass is 9.89. The molecule has 2 aliphatic heterocycles. The van der Waals surface area contributed by atoms with Crippen molar-refractivity contribution < 1.29 is 4.74 Å². The van der Waals surface area contributed by atoms with Crippen LogP contribution in [-0.4, -0.2) is 43.8 Å². The molecule has 0 spiro atoms. The molecule has 1 N–H and O–H groups in total. The maximum absolute atomic E-state index is 5.54. The summed E-state index contributed by atoms with van der Waals surface area (Å²) < 4.78 is 5.54. The van der Waals surface area contributed by atoms with Crippen molar-refractivity contribution in [2.75, 3.05) is 38.2 Å². The molecule has 4 rings (SSSR count). The molecule has 0 bridgehead atoms. The molecule has 0 amide bonds. The summed E-state index contributed by atoms with van der Waals surface area (Å²) in [4.78, 5) is 2.60. The van der Waals surface area contributed by atoms with Gasteiger partial charge in [-0.25, -0.2) is 0 Å². The highest BCUT2D eigenvalue weighted by molar-refractivity contribution is 5.63. The summed E-state index contributed by atoms with van der Waals surface area (Å²) in [5.74, 6) is 0.951. The number of hydrogen-bond acceptors (Lipinski definition) is 3. The van der Waals surface area contributed by atoms with Crippen LogP contribution in [0.25, 0.3) is 0 Å². The Morgan fingerprint density at radius 3 is 2.95 bits per heavy atom. The molecular formula is C16H22N2O. The fraction of sp³-hybridized carbons (Fsp3) is 0.625. The Morgan fingerprint density at radius 1 is 1.37 bits per heavy atom. The lowest BCUT2D eigenvalue weighted by Crippen LogP contribution is -2.49. The third-order valence-electron chi connectivity index (χ3n) is 5.09. The van der Waals surface area contributed by atoms with Crippen molar-refractivity contribution in [3.8, 4) is 0 Å². The highest BCUT2D eigenvalue weighted by atomic mass is 16.5. The summed E-state index contributed by atoms with van der Waals surface area (Å²) in [5, 5.41) is 3.57. The number of para-hydroxylation sites is 1. The van der Waals surface area contributed by atoms with Gasteiger partial charge < -0.3 is 10.1 Å². The van der Waals surface area contributed by atoms with Gasteiger partial charge >= 0.3 is 0 Å². The van der Waals surface area contributed by atoms with Gasteiger partial charge in [-0.1, -0.05) is 25.1 Å². The van der Waals surface area contributed by atoms with Gasteiger partial charge in [0.05, 0.1) is 6.61 Å². The molecule has 1 aromatic carbocycles. The average Bonchev–Trinajstić information content (AvgIpc) is 2.72. The van der Waals surface area contributed by atoms with E-state index in [0.717, 1.165) is 38.1 Å². The van der Waals surface area contributed by atoms with Crippen LogP contribution in [0.1, 0.15) is 18.9 Å². The van der Waals surface area contributed by atoms with E-state index in [1.807, 2.05) is 0 Å². The summed E-state index contributed by atoms with van der Waals surface area (Å²) >= 11 is 0. The molecule has 3 heteroatoms. The van der Waals surface area contributed by atoms with Crippen molar-refractivity contribution in [3.05, 3.63) is 29.8 Å². The molecule has 3 nitrogen and oxygen atoms in total. The van der Waals surface area contributed by atoms with Gasteiger partial charge in [-0.05, 0) is 18.1 Å². The van der Waals surface area contributed by atoms with Crippen molar-refractivity contribution in [1.82, 2.24) is 4.90 Å². The molecule has 0 radical (unpaired) electrons. The number of benzene rings is 1. The molecule has 1 aliphatic carbocycles. The van der Waals surface area contributed by atoms with Crippen molar-refractivity contribution >= 4 is 5.69 Å². The molecule has 3 unspecified atom stereocenters. The number of anilines is 1. The molecule has 1 aromatic rings. The maximum atomic E-state index is 5.54. The fourth-order valence-corrected chi connectivity index (χ4v) is 4.16. The molecule has 2 saturated heterocycles. The predicted molar refractivity (Wildman–Crippen MR) is 76.6 cm³/mol. The summed E-state index contributed by atoms with van der Waals surface area (Å²) in [7, 11) is 0. The van der Waals surface area contributed by atoms with Crippen molar-refractivity contribution in [2.24, 2.45) is 5.92 Å². The van der Waals surface area contributed by atoms with E-state index >= 15 is 0 Å². The van der Waals surface area contributed by atoms with Gasteiger partial charge in [0.15, 0.2) is 0 Å². The van der Waals surface area contributed by atoms with E-state index in [0.29, 0.717) is 5.41 Å². The molecular weight excluding hydrogens is 236 g/mol. The number of nitrogens with zero attached hydrogens (tertiary/aromatic N) is 1. The normalized spacial score (nSPS) is 34.2. The Bertz CT molecular complexity index is 483. The highest BCUT2D eigenvalue weighted by Crippen LogP contribution is 2.73. The molecule has 102 valence electrons. The van der Waals surface area contributed by atoms with Gasteiger partial charge in [0.25, 0.3) is 0 Å². The first-order valence-corrected chi connectivity index (χ1v) is 7.53. The lowest BCUT2D eigenvalue weighted by Gasteiger charge is -2.38. The van der Waals surface area contributed by atoms with Crippen LogP contribution in [0.2, 0.25) is 0 Å². The number of fused-ring (bicyclic) bond motifs is 1. The zero-order chi connectivity index (χ0) is 12.9. The summed E-state index contributed by atoms with van der Waals surface area (Å²) in [6.07, 6.45) is 1.10. The van der Waals surface area contributed by atoms with E-state index in [4.69, 9.17) is 4.74 Å². The maximum Gasteiger partial charge on any atom is 0.0639 e. The van der Waals surface area contributed by atoms with E-state index in [9.17, 15) is 0 Å². The molecule has 19 heavy (non-hydrogen) atoms. The second-order valence-corrected chi connectivity index (χ2v) is 6.11.